The molecule has 3 rings (SSSR count). The number of carbonyl (C=O) groups excluding carboxylic acids is 3. The van der Waals surface area contributed by atoms with Gasteiger partial charge in [0.25, 0.3) is 0 Å². The third kappa shape index (κ3) is 6.45. The zero-order valence-corrected chi connectivity index (χ0v) is 19.0. The van der Waals surface area contributed by atoms with Crippen LogP contribution in [0.4, 0.5) is 16.2 Å². The van der Waals surface area contributed by atoms with E-state index < -0.39 is 12.1 Å². The van der Waals surface area contributed by atoms with Gasteiger partial charge in [0.1, 0.15) is 6.61 Å². The lowest BCUT2D eigenvalue weighted by atomic mass is 10.0. The zero-order chi connectivity index (χ0) is 23.8. The van der Waals surface area contributed by atoms with E-state index in [1.54, 1.807) is 19.2 Å². The molecule has 0 aromatic heterocycles. The van der Waals surface area contributed by atoms with Crippen molar-refractivity contribution in [3.05, 3.63) is 59.7 Å². The Bertz CT molecular complexity index is 981. The van der Waals surface area contributed by atoms with Gasteiger partial charge in [0.2, 0.25) is 5.91 Å². The van der Waals surface area contributed by atoms with Gasteiger partial charge in [-0.1, -0.05) is 30.3 Å². The Morgan fingerprint density at radius 3 is 2.52 bits per heavy atom. The monoisotopic (exact) mass is 455 g/mol. The summed E-state index contributed by atoms with van der Waals surface area (Å²) in [6, 6.07) is 14.4. The molecule has 2 atom stereocenters. The summed E-state index contributed by atoms with van der Waals surface area (Å²) < 4.78 is 15.8. The van der Waals surface area contributed by atoms with Gasteiger partial charge in [-0.15, -0.1) is 0 Å². The second-order valence-electron chi connectivity index (χ2n) is 7.72. The van der Waals surface area contributed by atoms with Crippen LogP contribution in [0.25, 0.3) is 0 Å². The van der Waals surface area contributed by atoms with Crippen LogP contribution in [-0.2, 0) is 25.6 Å². The highest BCUT2D eigenvalue weighted by Crippen LogP contribution is 2.27. The molecule has 0 aliphatic carbocycles. The number of benzene rings is 2. The van der Waals surface area contributed by atoms with Crippen molar-refractivity contribution in [1.29, 1.82) is 0 Å². The molecule has 9 nitrogen and oxygen atoms in total. The van der Waals surface area contributed by atoms with Crippen LogP contribution < -0.4 is 15.5 Å². The Kier molecular flexibility index (Phi) is 8.26. The third-order valence-electron chi connectivity index (χ3n) is 5.46. The van der Waals surface area contributed by atoms with Crippen LogP contribution in [0.1, 0.15) is 29.3 Å². The highest BCUT2D eigenvalue weighted by molar-refractivity contribution is 6.01. The number of anilines is 2. The summed E-state index contributed by atoms with van der Waals surface area (Å²) in [5, 5.41) is 5.54. The lowest BCUT2D eigenvalue weighted by Crippen LogP contribution is -2.55. The van der Waals surface area contributed by atoms with Crippen LogP contribution in [-0.4, -0.2) is 57.4 Å². The van der Waals surface area contributed by atoms with E-state index in [9.17, 15) is 14.4 Å². The first kappa shape index (κ1) is 24.1. The number of carbonyl (C=O) groups is 3. The highest BCUT2D eigenvalue weighted by Gasteiger charge is 2.31. The van der Waals surface area contributed by atoms with E-state index in [1.807, 2.05) is 36.4 Å². The van der Waals surface area contributed by atoms with E-state index in [0.29, 0.717) is 25.2 Å². The fourth-order valence-corrected chi connectivity index (χ4v) is 3.78. The molecule has 176 valence electrons. The molecule has 2 amide bonds. The number of amides is 2. The number of alkyl carbamates (subject to hydrolysis) is 1. The molecule has 2 N–H and O–H groups in total. The van der Waals surface area contributed by atoms with Gasteiger partial charge in [-0.2, -0.15) is 0 Å². The summed E-state index contributed by atoms with van der Waals surface area (Å²) in [5.41, 5.74) is 2.36. The van der Waals surface area contributed by atoms with Gasteiger partial charge in [-0.25, -0.2) is 9.59 Å². The van der Waals surface area contributed by atoms with Crippen LogP contribution in [0, 0.1) is 0 Å². The predicted molar refractivity (Wildman–Crippen MR) is 123 cm³/mol. The van der Waals surface area contributed by atoms with E-state index in [-0.39, 0.29) is 30.2 Å². The van der Waals surface area contributed by atoms with Crippen LogP contribution in [0.5, 0.6) is 0 Å². The molecule has 1 fully saturated rings. The molecule has 1 saturated heterocycles. The minimum atomic E-state index is -0.540. The molecule has 9 heteroatoms. The number of nitrogens with one attached hydrogen (secondary N) is 2. The lowest BCUT2D eigenvalue weighted by molar-refractivity contribution is -0.114. The van der Waals surface area contributed by atoms with Gasteiger partial charge in [-0.05, 0) is 30.2 Å². The third-order valence-corrected chi connectivity index (χ3v) is 5.46. The summed E-state index contributed by atoms with van der Waals surface area (Å²) in [4.78, 5) is 38.0. The van der Waals surface area contributed by atoms with E-state index in [4.69, 9.17) is 14.2 Å². The average Bonchev–Trinajstić information content (AvgIpc) is 2.83. The summed E-state index contributed by atoms with van der Waals surface area (Å²) in [6.07, 6.45) is -0.147. The van der Waals surface area contributed by atoms with E-state index in [0.717, 1.165) is 11.3 Å². The molecule has 33 heavy (non-hydrogen) atoms. The van der Waals surface area contributed by atoms with Gasteiger partial charge in [0.05, 0.1) is 30.5 Å². The van der Waals surface area contributed by atoms with Gasteiger partial charge >= 0.3 is 12.1 Å². The molecule has 1 aliphatic rings. The van der Waals surface area contributed by atoms with Gasteiger partial charge in [0, 0.05) is 32.8 Å². The second kappa shape index (κ2) is 11.3. The predicted octanol–water partition coefficient (Wildman–Crippen LogP) is 2.95. The van der Waals surface area contributed by atoms with Crippen molar-refractivity contribution < 1.29 is 28.6 Å². The number of piperidine rings is 1. The zero-order valence-electron chi connectivity index (χ0n) is 19.0. The number of hydrogen-bond acceptors (Lipinski definition) is 7. The lowest BCUT2D eigenvalue weighted by Gasteiger charge is -2.39. The Morgan fingerprint density at radius 2 is 1.85 bits per heavy atom. The fourth-order valence-electron chi connectivity index (χ4n) is 3.78. The number of nitrogens with zero attached hydrogens (tertiary/aromatic N) is 1. The maximum atomic E-state index is 12.3. The topological polar surface area (TPSA) is 106 Å². The van der Waals surface area contributed by atoms with Gasteiger partial charge in [-0.3, -0.25) is 4.79 Å². The molecule has 2 aromatic carbocycles. The van der Waals surface area contributed by atoms with E-state index in [1.165, 1.54) is 14.0 Å². The van der Waals surface area contributed by atoms with Crippen molar-refractivity contribution in [2.45, 2.75) is 32.1 Å². The summed E-state index contributed by atoms with van der Waals surface area (Å²) in [7, 11) is 2.89. The van der Waals surface area contributed by atoms with Crippen LogP contribution >= 0.6 is 0 Å². The quantitative estimate of drug-likeness (QED) is 0.618. The molecular formula is C24H29N3O6. The molecule has 2 aromatic rings. The fraction of sp³-hybridized carbons (Fsp3) is 0.375. The number of ether oxygens (including phenoxy) is 3. The molecule has 0 unspecified atom stereocenters. The summed E-state index contributed by atoms with van der Waals surface area (Å²) in [5.74, 6) is -0.819. The Balaban J connectivity index is 1.64. The number of hydrogen-bond donors (Lipinski definition) is 2. The van der Waals surface area contributed by atoms with Crippen molar-refractivity contribution >= 4 is 29.3 Å². The Morgan fingerprint density at radius 1 is 1.09 bits per heavy atom. The normalized spacial score (nSPS) is 17.7. The van der Waals surface area contributed by atoms with Gasteiger partial charge in [0.15, 0.2) is 0 Å². The summed E-state index contributed by atoms with van der Waals surface area (Å²) in [6.45, 7) is 2.70. The highest BCUT2D eigenvalue weighted by atomic mass is 16.5. The maximum absolute atomic E-state index is 12.3. The number of methoxy groups -OCH3 is 2. The van der Waals surface area contributed by atoms with Crippen LogP contribution in [0.15, 0.2) is 48.5 Å². The first-order chi connectivity index (χ1) is 15.9. The summed E-state index contributed by atoms with van der Waals surface area (Å²) >= 11 is 0. The second-order valence-corrected chi connectivity index (χ2v) is 7.72. The van der Waals surface area contributed by atoms with Gasteiger partial charge < -0.3 is 29.7 Å². The molecule has 0 spiro atoms. The van der Waals surface area contributed by atoms with Crippen molar-refractivity contribution in [1.82, 2.24) is 5.32 Å². The van der Waals surface area contributed by atoms with Crippen molar-refractivity contribution in [3.8, 4) is 0 Å². The maximum Gasteiger partial charge on any atom is 0.407 e. The van der Waals surface area contributed by atoms with Crippen LogP contribution in [0.3, 0.4) is 0 Å². The molecule has 1 aliphatic heterocycles. The minimum absolute atomic E-state index is 0.195. The number of esters is 1. The molecule has 0 bridgehead atoms. The van der Waals surface area contributed by atoms with Crippen molar-refractivity contribution in [3.63, 3.8) is 0 Å². The Labute approximate surface area is 193 Å². The minimum Gasteiger partial charge on any atom is -0.465 e. The SMILES string of the molecule is COC(=O)c1cc(N2CC[C@@H](NC(=O)OCc3ccccc3)[C@@H](OC)C2)ccc1NC(C)=O. The largest absolute Gasteiger partial charge is 0.465 e. The van der Waals surface area contributed by atoms with Crippen LogP contribution in [0.2, 0.25) is 0 Å². The average molecular weight is 456 g/mol. The van der Waals surface area contributed by atoms with Crippen molar-refractivity contribution in [2.24, 2.45) is 0 Å². The molecule has 0 radical (unpaired) electrons. The standard InChI is InChI=1S/C24H29N3O6/c1-16(28)25-20-10-9-18(13-19(20)23(29)32-3)27-12-11-21(22(14-27)31-2)26-24(30)33-15-17-7-5-4-6-8-17/h4-10,13,21-22H,11-12,14-15H2,1-3H3,(H,25,28)(H,26,30)/t21-,22+/m1/s1. The van der Waals surface area contributed by atoms with E-state index >= 15 is 0 Å². The first-order valence-corrected chi connectivity index (χ1v) is 10.7. The number of rotatable bonds is 7. The van der Waals surface area contributed by atoms with Crippen molar-refractivity contribution in [2.75, 3.05) is 37.5 Å². The molecule has 1 heterocycles. The Hall–Kier alpha value is -3.59. The molecular weight excluding hydrogens is 426 g/mol. The first-order valence-electron chi connectivity index (χ1n) is 10.7. The molecule has 0 saturated carbocycles. The smallest absolute Gasteiger partial charge is 0.407 e. The van der Waals surface area contributed by atoms with E-state index in [2.05, 4.69) is 15.5 Å².